The summed E-state index contributed by atoms with van der Waals surface area (Å²) < 4.78 is 0. The van der Waals surface area contributed by atoms with E-state index >= 15 is 0 Å². The summed E-state index contributed by atoms with van der Waals surface area (Å²) in [5.74, 6) is 3.07. The van der Waals surface area contributed by atoms with Gasteiger partial charge in [-0.1, -0.05) is 72.5 Å². The minimum absolute atomic E-state index is 0.00549. The molecule has 0 radical (unpaired) electrons. The fraction of sp³-hybridized carbons (Fsp3) is 0.929. The van der Waals surface area contributed by atoms with Crippen molar-refractivity contribution in [3.8, 4) is 0 Å². The summed E-state index contributed by atoms with van der Waals surface area (Å²) in [5.41, 5.74) is 3.84. The number of hydrogen-bond acceptors (Lipinski definition) is 2. The Bertz CT molecular complexity index is 691. The molecule has 0 aromatic rings. The highest BCUT2D eigenvalue weighted by Gasteiger charge is 2.61. The summed E-state index contributed by atoms with van der Waals surface area (Å²) in [6.45, 7) is 16.8. The highest BCUT2D eigenvalue weighted by atomic mass is 16.3. The van der Waals surface area contributed by atoms with Gasteiger partial charge in [0.05, 0.1) is 12.2 Å². The smallest absolute Gasteiger partial charge is 0.0613 e. The first-order valence-corrected chi connectivity index (χ1v) is 13.0. The molecule has 0 aromatic heterocycles. The van der Waals surface area contributed by atoms with Gasteiger partial charge in [-0.15, -0.1) is 0 Å². The fourth-order valence-corrected chi connectivity index (χ4v) is 9.08. The molecule has 0 heterocycles. The predicted octanol–water partition coefficient (Wildman–Crippen LogP) is 6.75. The van der Waals surface area contributed by atoms with Gasteiger partial charge < -0.3 is 10.2 Å². The van der Waals surface area contributed by atoms with Gasteiger partial charge in [0.15, 0.2) is 0 Å². The Hall–Kier alpha value is -0.340. The van der Waals surface area contributed by atoms with E-state index < -0.39 is 0 Å². The van der Waals surface area contributed by atoms with Crippen molar-refractivity contribution in [2.75, 3.05) is 0 Å². The number of fused-ring (bicyclic) bond motifs is 4. The summed E-state index contributed by atoms with van der Waals surface area (Å²) >= 11 is 0. The van der Waals surface area contributed by atoms with Crippen LogP contribution < -0.4 is 0 Å². The number of aliphatic hydroxyl groups excluding tert-OH is 2. The second kappa shape index (κ2) is 7.62. The molecule has 4 rings (SSSR count). The highest BCUT2D eigenvalue weighted by molar-refractivity contribution is 5.36. The molecule has 4 aliphatic rings. The first kappa shape index (κ1) is 22.8. The SMILES string of the molecule is CC(C)CC[C@@H](C)[C@H]1C[C@@H](O)[C@@H]2C3=C(CC[C@]12C)[C@@]1(C)CC[C@H](O)C(C)(C)[C@@H]1CC3. The van der Waals surface area contributed by atoms with Gasteiger partial charge in [0.2, 0.25) is 0 Å². The zero-order valence-corrected chi connectivity index (χ0v) is 20.8. The second-order valence-electron chi connectivity index (χ2n) is 13.2. The molecule has 0 spiro atoms. The van der Waals surface area contributed by atoms with Crippen LogP contribution in [0.2, 0.25) is 0 Å². The zero-order chi connectivity index (χ0) is 22.1. The molecule has 0 bridgehead atoms. The van der Waals surface area contributed by atoms with Crippen molar-refractivity contribution in [1.82, 2.24) is 0 Å². The van der Waals surface area contributed by atoms with E-state index in [0.717, 1.165) is 31.6 Å². The normalized spacial score (nSPS) is 46.4. The van der Waals surface area contributed by atoms with Gasteiger partial charge in [-0.3, -0.25) is 0 Å². The molecule has 0 aromatic carbocycles. The molecule has 4 aliphatic carbocycles. The Morgan fingerprint density at radius 1 is 0.933 bits per heavy atom. The largest absolute Gasteiger partial charge is 0.393 e. The van der Waals surface area contributed by atoms with Crippen LogP contribution in [0.3, 0.4) is 0 Å². The molecular formula is C28H48O2. The molecule has 0 unspecified atom stereocenters. The van der Waals surface area contributed by atoms with Gasteiger partial charge in [-0.25, -0.2) is 0 Å². The number of allylic oxidation sites excluding steroid dienone is 1. The van der Waals surface area contributed by atoms with E-state index in [1.165, 1.54) is 32.1 Å². The van der Waals surface area contributed by atoms with Crippen LogP contribution in [0.25, 0.3) is 0 Å². The van der Waals surface area contributed by atoms with Gasteiger partial charge in [-0.2, -0.15) is 0 Å². The van der Waals surface area contributed by atoms with Crippen molar-refractivity contribution >= 4 is 0 Å². The monoisotopic (exact) mass is 416 g/mol. The molecule has 172 valence electrons. The van der Waals surface area contributed by atoms with Crippen LogP contribution in [0.4, 0.5) is 0 Å². The van der Waals surface area contributed by atoms with Crippen LogP contribution in [0, 0.1) is 45.8 Å². The van der Waals surface area contributed by atoms with Gasteiger partial charge in [0, 0.05) is 5.92 Å². The Morgan fingerprint density at radius 2 is 1.63 bits per heavy atom. The molecule has 0 amide bonds. The third kappa shape index (κ3) is 3.26. The van der Waals surface area contributed by atoms with E-state index in [9.17, 15) is 10.2 Å². The van der Waals surface area contributed by atoms with Crippen molar-refractivity contribution in [2.45, 2.75) is 118 Å². The first-order chi connectivity index (χ1) is 13.9. The Kier molecular flexibility index (Phi) is 5.80. The van der Waals surface area contributed by atoms with Crippen LogP contribution in [-0.4, -0.2) is 22.4 Å². The molecule has 2 heteroatoms. The summed E-state index contributed by atoms with van der Waals surface area (Å²) in [4.78, 5) is 0. The lowest BCUT2D eigenvalue weighted by Crippen LogP contribution is -2.54. The predicted molar refractivity (Wildman–Crippen MR) is 125 cm³/mol. The molecule has 0 saturated heterocycles. The molecular weight excluding hydrogens is 368 g/mol. The van der Waals surface area contributed by atoms with E-state index in [4.69, 9.17) is 0 Å². The number of hydrogen-bond donors (Lipinski definition) is 2. The summed E-state index contributed by atoms with van der Waals surface area (Å²) in [7, 11) is 0. The maximum atomic E-state index is 11.4. The number of aliphatic hydroxyl groups is 2. The van der Waals surface area contributed by atoms with Gasteiger partial charge in [-0.05, 0) is 84.9 Å². The fourth-order valence-electron chi connectivity index (χ4n) is 9.08. The van der Waals surface area contributed by atoms with E-state index in [0.29, 0.717) is 23.7 Å². The molecule has 2 nitrogen and oxygen atoms in total. The second-order valence-corrected chi connectivity index (χ2v) is 13.2. The molecule has 2 fully saturated rings. The third-order valence-corrected chi connectivity index (χ3v) is 10.9. The van der Waals surface area contributed by atoms with Crippen molar-refractivity contribution in [3.63, 3.8) is 0 Å². The topological polar surface area (TPSA) is 40.5 Å². The molecule has 2 saturated carbocycles. The van der Waals surface area contributed by atoms with Crippen LogP contribution in [0.15, 0.2) is 11.1 Å². The van der Waals surface area contributed by atoms with E-state index in [1.54, 1.807) is 11.1 Å². The molecule has 2 N–H and O–H groups in total. The lowest BCUT2D eigenvalue weighted by Gasteiger charge is -2.60. The van der Waals surface area contributed by atoms with Gasteiger partial charge in [0.1, 0.15) is 0 Å². The third-order valence-electron chi connectivity index (χ3n) is 10.9. The van der Waals surface area contributed by atoms with E-state index in [1.807, 2.05) is 0 Å². The lowest BCUT2D eigenvalue weighted by atomic mass is 9.45. The minimum atomic E-state index is -0.171. The average molecular weight is 417 g/mol. The maximum Gasteiger partial charge on any atom is 0.0613 e. The van der Waals surface area contributed by atoms with Crippen molar-refractivity contribution in [3.05, 3.63) is 11.1 Å². The highest BCUT2D eigenvalue weighted by Crippen LogP contribution is 2.68. The van der Waals surface area contributed by atoms with E-state index in [2.05, 4.69) is 48.5 Å². The summed E-state index contributed by atoms with van der Waals surface area (Å²) in [6.07, 6.45) is 10.1. The summed E-state index contributed by atoms with van der Waals surface area (Å²) in [6, 6.07) is 0. The zero-order valence-electron chi connectivity index (χ0n) is 20.8. The van der Waals surface area contributed by atoms with Crippen LogP contribution >= 0.6 is 0 Å². The van der Waals surface area contributed by atoms with Crippen LogP contribution in [0.5, 0.6) is 0 Å². The number of rotatable bonds is 4. The maximum absolute atomic E-state index is 11.4. The molecule has 8 atom stereocenters. The Balaban J connectivity index is 1.66. The molecule has 30 heavy (non-hydrogen) atoms. The minimum Gasteiger partial charge on any atom is -0.393 e. The van der Waals surface area contributed by atoms with E-state index in [-0.39, 0.29) is 28.5 Å². The lowest BCUT2D eigenvalue weighted by molar-refractivity contribution is -0.0941. The van der Waals surface area contributed by atoms with Crippen molar-refractivity contribution in [2.24, 2.45) is 45.8 Å². The van der Waals surface area contributed by atoms with Gasteiger partial charge in [0.25, 0.3) is 0 Å². The Labute approximate surface area is 185 Å². The van der Waals surface area contributed by atoms with Crippen LogP contribution in [-0.2, 0) is 0 Å². The first-order valence-electron chi connectivity index (χ1n) is 13.0. The van der Waals surface area contributed by atoms with Crippen molar-refractivity contribution < 1.29 is 10.2 Å². The Morgan fingerprint density at radius 3 is 2.30 bits per heavy atom. The quantitative estimate of drug-likeness (QED) is 0.498. The van der Waals surface area contributed by atoms with Crippen LogP contribution in [0.1, 0.15) is 106 Å². The molecule has 0 aliphatic heterocycles. The van der Waals surface area contributed by atoms with Gasteiger partial charge >= 0.3 is 0 Å². The standard InChI is InChI=1S/C28H48O2/c1-17(2)8-9-18(3)21-16-22(29)25-19-10-11-23-26(4,5)24(30)13-15-27(23,6)20(19)12-14-28(21,25)7/h17-18,21-25,29-30H,8-16H2,1-7H3/t18-,21-,22-,23+,24+,25+,27-,28-/m1/s1. The average Bonchev–Trinajstić information content (AvgIpc) is 2.94. The summed E-state index contributed by atoms with van der Waals surface area (Å²) in [5, 5.41) is 22.1. The van der Waals surface area contributed by atoms with Crippen molar-refractivity contribution in [1.29, 1.82) is 0 Å².